The molecule has 5 nitrogen and oxygen atoms in total. The monoisotopic (exact) mass is 259 g/mol. The van der Waals surface area contributed by atoms with Crippen LogP contribution in [0.4, 0.5) is 5.69 Å². The van der Waals surface area contributed by atoms with E-state index in [1.54, 1.807) is 11.3 Å². The second-order valence-corrected chi connectivity index (χ2v) is 5.20. The Morgan fingerprint density at radius 3 is 2.67 bits per heavy atom. The summed E-state index contributed by atoms with van der Waals surface area (Å²) in [6.45, 7) is 5.89. The Labute approximate surface area is 108 Å². The molecular weight excluding hydrogens is 246 g/mol. The molecule has 3 heterocycles. The van der Waals surface area contributed by atoms with Gasteiger partial charge in [0.25, 0.3) is 0 Å². The number of aryl methyl sites for hydroxylation is 3. The highest BCUT2D eigenvalue weighted by atomic mass is 32.1. The molecule has 3 rings (SSSR count). The maximum atomic E-state index is 6.07. The molecule has 0 saturated heterocycles. The van der Waals surface area contributed by atoms with Gasteiger partial charge in [0.05, 0.1) is 10.6 Å². The molecule has 0 fully saturated rings. The van der Waals surface area contributed by atoms with Gasteiger partial charge in [-0.3, -0.25) is 4.40 Å². The highest BCUT2D eigenvalue weighted by molar-refractivity contribution is 7.14. The predicted molar refractivity (Wildman–Crippen MR) is 72.7 cm³/mol. The van der Waals surface area contributed by atoms with Crippen molar-refractivity contribution in [2.45, 2.75) is 20.8 Å². The molecule has 0 bridgehead atoms. The third-order valence-corrected chi connectivity index (χ3v) is 4.02. The quantitative estimate of drug-likeness (QED) is 0.728. The third-order valence-electron chi connectivity index (χ3n) is 2.91. The molecule has 3 aromatic rings. The smallest absolute Gasteiger partial charge is 0.182 e. The Morgan fingerprint density at radius 1 is 1.22 bits per heavy atom. The summed E-state index contributed by atoms with van der Waals surface area (Å²) >= 11 is 1.59. The summed E-state index contributed by atoms with van der Waals surface area (Å²) in [5.41, 5.74) is 9.66. The average Bonchev–Trinajstić information content (AvgIpc) is 2.85. The van der Waals surface area contributed by atoms with Crippen molar-refractivity contribution in [1.29, 1.82) is 0 Å². The topological polar surface area (TPSA) is 69.1 Å². The number of anilines is 1. The maximum absolute atomic E-state index is 6.07. The predicted octanol–water partition coefficient (Wildman–Crippen LogP) is 2.36. The first kappa shape index (κ1) is 11.2. The molecule has 0 aliphatic carbocycles. The van der Waals surface area contributed by atoms with Crippen molar-refractivity contribution in [3.05, 3.63) is 28.5 Å². The minimum atomic E-state index is 0.769. The fraction of sp³-hybridized carbons (Fsp3) is 0.250. The van der Waals surface area contributed by atoms with E-state index in [4.69, 9.17) is 5.73 Å². The van der Waals surface area contributed by atoms with Crippen LogP contribution in [0.15, 0.2) is 11.4 Å². The fourth-order valence-electron chi connectivity index (χ4n) is 2.01. The molecule has 0 aliphatic rings. The van der Waals surface area contributed by atoms with Gasteiger partial charge in [-0.1, -0.05) is 0 Å². The highest BCUT2D eigenvalue weighted by Crippen LogP contribution is 2.33. The number of nitrogen functional groups attached to an aromatic ring is 1. The van der Waals surface area contributed by atoms with Crippen LogP contribution in [0.1, 0.15) is 17.1 Å². The van der Waals surface area contributed by atoms with Gasteiger partial charge in [-0.25, -0.2) is 4.98 Å². The van der Waals surface area contributed by atoms with Crippen LogP contribution in [0.2, 0.25) is 0 Å². The van der Waals surface area contributed by atoms with Crippen molar-refractivity contribution in [2.75, 3.05) is 5.73 Å². The lowest BCUT2D eigenvalue weighted by molar-refractivity contribution is 0.964. The molecule has 0 spiro atoms. The summed E-state index contributed by atoms with van der Waals surface area (Å²) in [4.78, 5) is 5.40. The standard InChI is InChI=1S/C12H13N5S/c1-6-5-18-11(10(6)13)12-16-15-9-4-7(2)14-8(3)17(9)12/h4-5H,13H2,1-3H3. The van der Waals surface area contributed by atoms with Crippen LogP contribution in [0.3, 0.4) is 0 Å². The van der Waals surface area contributed by atoms with E-state index in [2.05, 4.69) is 15.2 Å². The number of fused-ring (bicyclic) bond motifs is 1. The number of thiophene rings is 1. The van der Waals surface area contributed by atoms with E-state index in [-0.39, 0.29) is 0 Å². The Hall–Kier alpha value is -1.95. The van der Waals surface area contributed by atoms with Gasteiger partial charge < -0.3 is 5.73 Å². The summed E-state index contributed by atoms with van der Waals surface area (Å²) in [5, 5.41) is 10.5. The van der Waals surface area contributed by atoms with Gasteiger partial charge in [-0.2, -0.15) is 0 Å². The molecule has 0 aliphatic heterocycles. The summed E-state index contributed by atoms with van der Waals surface area (Å²) in [7, 11) is 0. The van der Waals surface area contributed by atoms with Gasteiger partial charge in [-0.15, -0.1) is 21.5 Å². The Balaban J connectivity index is 2.34. The van der Waals surface area contributed by atoms with Crippen LogP contribution in [-0.4, -0.2) is 19.6 Å². The van der Waals surface area contributed by atoms with Gasteiger partial charge in [0.2, 0.25) is 0 Å². The SMILES string of the molecule is Cc1cc2nnc(-c3scc(C)c3N)n2c(C)n1. The number of rotatable bonds is 1. The number of hydrogen-bond donors (Lipinski definition) is 1. The first-order valence-electron chi connectivity index (χ1n) is 5.61. The third kappa shape index (κ3) is 1.49. The zero-order chi connectivity index (χ0) is 12.9. The Kier molecular flexibility index (Phi) is 2.34. The second kappa shape index (κ2) is 3.78. The molecule has 0 aromatic carbocycles. The summed E-state index contributed by atoms with van der Waals surface area (Å²) < 4.78 is 1.94. The summed E-state index contributed by atoms with van der Waals surface area (Å²) in [6, 6.07) is 1.92. The van der Waals surface area contributed by atoms with Crippen LogP contribution in [0, 0.1) is 20.8 Å². The molecule has 3 aromatic heterocycles. The minimum absolute atomic E-state index is 0.769. The number of hydrogen-bond acceptors (Lipinski definition) is 5. The molecule has 6 heteroatoms. The second-order valence-electron chi connectivity index (χ2n) is 4.32. The lowest BCUT2D eigenvalue weighted by Crippen LogP contribution is -1.99. The van der Waals surface area contributed by atoms with Crippen molar-refractivity contribution < 1.29 is 0 Å². The molecule has 0 radical (unpaired) electrons. The van der Waals surface area contributed by atoms with Gasteiger partial charge in [0.1, 0.15) is 5.82 Å². The van der Waals surface area contributed by atoms with Crippen LogP contribution in [0.5, 0.6) is 0 Å². The van der Waals surface area contributed by atoms with E-state index in [1.807, 2.05) is 36.6 Å². The van der Waals surface area contributed by atoms with Gasteiger partial charge >= 0.3 is 0 Å². The zero-order valence-electron chi connectivity index (χ0n) is 10.4. The first-order valence-corrected chi connectivity index (χ1v) is 6.49. The lowest BCUT2D eigenvalue weighted by atomic mass is 10.3. The molecule has 0 atom stereocenters. The molecule has 0 unspecified atom stereocenters. The van der Waals surface area contributed by atoms with Crippen molar-refractivity contribution in [1.82, 2.24) is 19.6 Å². The molecule has 18 heavy (non-hydrogen) atoms. The van der Waals surface area contributed by atoms with Crippen molar-refractivity contribution in [2.24, 2.45) is 0 Å². The van der Waals surface area contributed by atoms with Gasteiger partial charge in [0, 0.05) is 11.8 Å². The molecular formula is C12H13N5S. The number of nitrogens with zero attached hydrogens (tertiary/aromatic N) is 4. The maximum Gasteiger partial charge on any atom is 0.182 e. The fourth-order valence-corrected chi connectivity index (χ4v) is 2.95. The van der Waals surface area contributed by atoms with Crippen molar-refractivity contribution in [3.63, 3.8) is 0 Å². The first-order chi connectivity index (χ1) is 8.58. The van der Waals surface area contributed by atoms with Gasteiger partial charge in [0.15, 0.2) is 11.5 Å². The number of nitrogens with two attached hydrogens (primary N) is 1. The van der Waals surface area contributed by atoms with Crippen LogP contribution in [-0.2, 0) is 0 Å². The summed E-state index contributed by atoms with van der Waals surface area (Å²) in [5.74, 6) is 1.64. The van der Waals surface area contributed by atoms with Gasteiger partial charge in [-0.05, 0) is 31.7 Å². The molecule has 0 amide bonds. The van der Waals surface area contributed by atoms with Crippen LogP contribution in [0.25, 0.3) is 16.3 Å². The van der Waals surface area contributed by atoms with E-state index >= 15 is 0 Å². The molecule has 0 saturated carbocycles. The number of aromatic nitrogens is 4. The Morgan fingerprint density at radius 2 is 2.00 bits per heavy atom. The van der Waals surface area contributed by atoms with Crippen molar-refractivity contribution >= 4 is 22.7 Å². The zero-order valence-corrected chi connectivity index (χ0v) is 11.2. The average molecular weight is 259 g/mol. The molecule has 2 N–H and O–H groups in total. The van der Waals surface area contributed by atoms with E-state index in [1.165, 1.54) is 0 Å². The van der Waals surface area contributed by atoms with Crippen LogP contribution < -0.4 is 5.73 Å². The summed E-state index contributed by atoms with van der Waals surface area (Å²) in [6.07, 6.45) is 0. The Bertz CT molecular complexity index is 740. The largest absolute Gasteiger partial charge is 0.397 e. The van der Waals surface area contributed by atoms with E-state index in [0.717, 1.165) is 39.1 Å². The van der Waals surface area contributed by atoms with E-state index in [0.29, 0.717) is 0 Å². The normalized spacial score (nSPS) is 11.3. The highest BCUT2D eigenvalue weighted by Gasteiger charge is 2.16. The van der Waals surface area contributed by atoms with Crippen molar-refractivity contribution in [3.8, 4) is 10.7 Å². The van der Waals surface area contributed by atoms with E-state index in [9.17, 15) is 0 Å². The van der Waals surface area contributed by atoms with Crippen LogP contribution >= 0.6 is 11.3 Å². The molecule has 92 valence electrons. The minimum Gasteiger partial charge on any atom is -0.397 e. The lowest BCUT2D eigenvalue weighted by Gasteiger charge is -2.03. The van der Waals surface area contributed by atoms with E-state index < -0.39 is 0 Å².